The monoisotopic (exact) mass is 448 g/mol. The molecule has 0 aliphatic carbocycles. The maximum Gasteiger partial charge on any atom is 0.410 e. The van der Waals surface area contributed by atoms with E-state index in [4.69, 9.17) is 10.5 Å². The number of carboxylic acids is 1. The van der Waals surface area contributed by atoms with Crippen molar-refractivity contribution in [1.82, 2.24) is 14.7 Å². The largest absolute Gasteiger partial charge is 0.477 e. The Morgan fingerprint density at radius 3 is 2.81 bits per heavy atom. The number of aliphatic carboxylic acids is 1. The first kappa shape index (κ1) is 21.4. The summed E-state index contributed by atoms with van der Waals surface area (Å²) in [6.45, 7) is 5.06. The van der Waals surface area contributed by atoms with E-state index in [-0.39, 0.29) is 29.6 Å². The number of ether oxygens (including phenoxy) is 1. The van der Waals surface area contributed by atoms with Crippen LogP contribution >= 0.6 is 11.8 Å². The molecule has 0 aromatic rings. The minimum Gasteiger partial charge on any atom is -0.477 e. The van der Waals surface area contributed by atoms with E-state index >= 15 is 0 Å². The second kappa shape index (κ2) is 8.39. The molecule has 4 heterocycles. The fourth-order valence-electron chi connectivity index (χ4n) is 4.36. The predicted octanol–water partition coefficient (Wildman–Crippen LogP) is 0.123. The molecule has 31 heavy (non-hydrogen) atoms. The van der Waals surface area contributed by atoms with Gasteiger partial charge in [0.05, 0.1) is 6.04 Å². The van der Waals surface area contributed by atoms with Gasteiger partial charge in [0.2, 0.25) is 11.8 Å². The Bertz CT molecular complexity index is 915. The Kier molecular flexibility index (Phi) is 5.80. The van der Waals surface area contributed by atoms with Gasteiger partial charge in [-0.25, -0.2) is 9.59 Å². The van der Waals surface area contributed by atoms with E-state index in [0.29, 0.717) is 49.4 Å². The molecule has 3 N–H and O–H groups in total. The van der Waals surface area contributed by atoms with Gasteiger partial charge in [-0.1, -0.05) is 12.7 Å². The molecule has 3 saturated heterocycles. The Balaban J connectivity index is 1.48. The van der Waals surface area contributed by atoms with Crippen molar-refractivity contribution < 1.29 is 29.0 Å². The number of hydrogen-bond donors (Lipinski definition) is 2. The first-order chi connectivity index (χ1) is 14.8. The molecule has 0 radical (unpaired) electrons. The maximum atomic E-state index is 13.0. The van der Waals surface area contributed by atoms with Crippen molar-refractivity contribution in [2.24, 2.45) is 5.73 Å². The molecule has 0 unspecified atom stereocenters. The summed E-state index contributed by atoms with van der Waals surface area (Å²) in [5, 5.41) is 9.29. The molecule has 3 atom stereocenters. The highest BCUT2D eigenvalue weighted by molar-refractivity contribution is 8.00. The van der Waals surface area contributed by atoms with Gasteiger partial charge in [-0.2, -0.15) is 0 Å². The average Bonchev–Trinajstić information content (AvgIpc) is 3.38. The Labute approximate surface area is 183 Å². The first-order valence-corrected chi connectivity index (χ1v) is 11.1. The van der Waals surface area contributed by atoms with Crippen molar-refractivity contribution in [2.45, 2.75) is 30.3 Å². The number of β-lactam (4-membered cyclic amide) rings is 1. The number of likely N-dealkylation sites (tertiary alicyclic amines) is 2. The van der Waals surface area contributed by atoms with Crippen LogP contribution in [0.25, 0.3) is 0 Å². The molecule has 4 aliphatic heterocycles. The van der Waals surface area contributed by atoms with Crippen LogP contribution in [0.4, 0.5) is 4.79 Å². The highest BCUT2D eigenvalue weighted by atomic mass is 32.2. The summed E-state index contributed by atoms with van der Waals surface area (Å²) in [7, 11) is 0. The number of thioether (sulfide) groups is 1. The third-order valence-electron chi connectivity index (χ3n) is 5.93. The molecule has 0 saturated carbocycles. The van der Waals surface area contributed by atoms with Crippen LogP contribution in [-0.2, 0) is 19.1 Å². The van der Waals surface area contributed by atoms with E-state index in [2.05, 4.69) is 6.58 Å². The molecule has 3 fully saturated rings. The molecule has 4 aliphatic rings. The van der Waals surface area contributed by atoms with Crippen LogP contribution in [0.5, 0.6) is 0 Å². The fourth-order valence-corrected chi connectivity index (χ4v) is 5.61. The lowest BCUT2D eigenvalue weighted by Gasteiger charge is -2.47. The Morgan fingerprint density at radius 1 is 1.32 bits per heavy atom. The number of carboxylic acid groups (broad SMARTS) is 1. The minimum absolute atomic E-state index is 0.0915. The number of carbonyl (C=O) groups excluding carboxylic acids is 3. The normalized spacial score (nSPS) is 29.4. The number of allylic oxidation sites excluding steroid dienone is 1. The van der Waals surface area contributed by atoms with E-state index in [9.17, 15) is 24.3 Å². The number of carbonyl (C=O) groups is 4. The second-order valence-corrected chi connectivity index (χ2v) is 8.89. The molecule has 0 spiro atoms. The Morgan fingerprint density at radius 2 is 2.10 bits per heavy atom. The molecule has 11 heteroatoms. The molecule has 10 nitrogen and oxygen atoms in total. The summed E-state index contributed by atoms with van der Waals surface area (Å²) in [6, 6.07) is -0.802. The van der Waals surface area contributed by atoms with Gasteiger partial charge >= 0.3 is 12.1 Å². The third kappa shape index (κ3) is 3.72. The highest BCUT2D eigenvalue weighted by Crippen LogP contribution is 2.40. The smallest absolute Gasteiger partial charge is 0.410 e. The van der Waals surface area contributed by atoms with Gasteiger partial charge in [-0.15, -0.1) is 11.8 Å². The number of nitrogens with zero attached hydrogens (tertiary/aromatic N) is 3. The third-order valence-corrected chi connectivity index (χ3v) is 7.26. The molecular weight excluding hydrogens is 424 g/mol. The molecule has 3 amide bonds. The summed E-state index contributed by atoms with van der Waals surface area (Å²) in [5.74, 6) is -1.42. The number of amides is 3. The lowest BCUT2D eigenvalue weighted by molar-refractivity contribution is -0.147. The van der Waals surface area contributed by atoms with E-state index in [1.807, 2.05) is 0 Å². The van der Waals surface area contributed by atoms with Crippen molar-refractivity contribution in [3.8, 4) is 0 Å². The van der Waals surface area contributed by atoms with Crippen LogP contribution < -0.4 is 5.73 Å². The number of nitrogens with two attached hydrogens (primary N) is 1. The fraction of sp³-hybridized carbons (Fsp3) is 0.500. The molecule has 4 rings (SSSR count). The number of fused-ring (bicyclic) bond motifs is 1. The molecule has 0 aromatic heterocycles. The summed E-state index contributed by atoms with van der Waals surface area (Å²) in [6.07, 6.45) is 3.82. The van der Waals surface area contributed by atoms with Gasteiger partial charge in [0.25, 0.3) is 0 Å². The van der Waals surface area contributed by atoms with Gasteiger partial charge in [-0.05, 0) is 24.5 Å². The van der Waals surface area contributed by atoms with Crippen LogP contribution in [0.15, 0.2) is 35.6 Å². The number of rotatable bonds is 5. The zero-order chi connectivity index (χ0) is 22.3. The molecular formula is C20H24N4O6S. The molecule has 166 valence electrons. The van der Waals surface area contributed by atoms with Gasteiger partial charge in [-0.3, -0.25) is 14.5 Å². The van der Waals surface area contributed by atoms with Gasteiger partial charge < -0.3 is 25.4 Å². The topological polar surface area (TPSA) is 133 Å². The summed E-state index contributed by atoms with van der Waals surface area (Å²) in [5.41, 5.74) is 6.64. The van der Waals surface area contributed by atoms with Crippen LogP contribution in [0.3, 0.4) is 0 Å². The van der Waals surface area contributed by atoms with Crippen molar-refractivity contribution in [3.05, 3.63) is 35.6 Å². The van der Waals surface area contributed by atoms with E-state index in [0.717, 1.165) is 0 Å². The van der Waals surface area contributed by atoms with Crippen LogP contribution in [0, 0.1) is 0 Å². The lowest BCUT2D eigenvalue weighted by Crippen LogP contribution is -2.68. The van der Waals surface area contributed by atoms with Crippen molar-refractivity contribution >= 4 is 35.6 Å². The Hall–Kier alpha value is -2.79. The van der Waals surface area contributed by atoms with Crippen LogP contribution in [-0.4, -0.2) is 93.1 Å². The quantitative estimate of drug-likeness (QED) is 0.344. The second-order valence-electron chi connectivity index (χ2n) is 7.79. The average molecular weight is 449 g/mol. The van der Waals surface area contributed by atoms with E-state index in [1.165, 1.54) is 22.7 Å². The van der Waals surface area contributed by atoms with Gasteiger partial charge in [0.1, 0.15) is 23.7 Å². The summed E-state index contributed by atoms with van der Waals surface area (Å²) < 4.78 is 5.06. The summed E-state index contributed by atoms with van der Waals surface area (Å²) in [4.78, 5) is 53.5. The van der Waals surface area contributed by atoms with Gasteiger partial charge in [0.15, 0.2) is 0 Å². The minimum atomic E-state index is -1.20. The van der Waals surface area contributed by atoms with Crippen LogP contribution in [0.2, 0.25) is 0 Å². The van der Waals surface area contributed by atoms with Crippen molar-refractivity contribution in [2.75, 3.05) is 32.0 Å². The van der Waals surface area contributed by atoms with Crippen molar-refractivity contribution in [1.29, 1.82) is 0 Å². The van der Waals surface area contributed by atoms with E-state index < -0.39 is 24.0 Å². The predicted molar refractivity (Wildman–Crippen MR) is 112 cm³/mol. The first-order valence-electron chi connectivity index (χ1n) is 10.0. The zero-order valence-electron chi connectivity index (χ0n) is 16.9. The van der Waals surface area contributed by atoms with Gasteiger partial charge in [0, 0.05) is 31.0 Å². The lowest BCUT2D eigenvalue weighted by atomic mass is 10.0. The molecule has 0 bridgehead atoms. The van der Waals surface area contributed by atoms with Crippen LogP contribution in [0.1, 0.15) is 12.8 Å². The number of hydrogen-bond acceptors (Lipinski definition) is 7. The van der Waals surface area contributed by atoms with E-state index in [1.54, 1.807) is 15.9 Å². The zero-order valence-corrected chi connectivity index (χ0v) is 17.7. The standard InChI is InChI=1S/C20H24N4O6S/c1-2-7-30-20(29)22-5-4-13(9-22)23-6-3-11(16(23)25)8-12-10-31-18-14(21)17(26)24(18)15(12)19(27)28/h2,8,13-14,18H,1,3-7,9-10,21H2,(H,27,28)/t13-,14-,18-/m1/s1. The summed E-state index contributed by atoms with van der Waals surface area (Å²) >= 11 is 1.40. The SMILES string of the molecule is C=CCOC(=O)N1CC[C@@H](N2CCC(=CC3=C(C(=O)O)N4C(=O)[C@@H](N)[C@H]4SC3)C2=O)C1. The van der Waals surface area contributed by atoms with Crippen molar-refractivity contribution in [3.63, 3.8) is 0 Å². The maximum absolute atomic E-state index is 13.0. The highest BCUT2D eigenvalue weighted by Gasteiger charge is 2.51. The molecule has 0 aromatic carbocycles.